The van der Waals surface area contributed by atoms with Crippen molar-refractivity contribution in [3.05, 3.63) is 29.8 Å². The predicted octanol–water partition coefficient (Wildman–Crippen LogP) is 2.18. The second-order valence-electron chi connectivity index (χ2n) is 6.54. The van der Waals surface area contributed by atoms with Crippen LogP contribution in [0.2, 0.25) is 0 Å². The minimum absolute atomic E-state index is 0.0553. The van der Waals surface area contributed by atoms with Gasteiger partial charge in [0.2, 0.25) is 11.8 Å². The number of carbonyl (C=O) groups is 2. The molecule has 1 unspecified atom stereocenters. The van der Waals surface area contributed by atoms with Crippen LogP contribution in [0.5, 0.6) is 0 Å². The van der Waals surface area contributed by atoms with Crippen molar-refractivity contribution in [3.63, 3.8) is 0 Å². The Kier molecular flexibility index (Phi) is 5.28. The van der Waals surface area contributed by atoms with Crippen LogP contribution in [0, 0.1) is 5.92 Å². The van der Waals surface area contributed by atoms with Gasteiger partial charge < -0.3 is 16.0 Å². The van der Waals surface area contributed by atoms with Crippen molar-refractivity contribution in [2.24, 2.45) is 5.92 Å². The molecule has 1 heterocycles. The molecule has 2 aliphatic rings. The Morgan fingerprint density at radius 1 is 1.09 bits per heavy atom. The normalized spacial score (nSPS) is 21.3. The lowest BCUT2D eigenvalue weighted by atomic mass is 10.1. The number of nitrogens with one attached hydrogen (secondary N) is 3. The molecule has 0 bridgehead atoms. The highest BCUT2D eigenvalue weighted by atomic mass is 16.2. The molecule has 1 saturated carbocycles. The molecule has 124 valence electrons. The van der Waals surface area contributed by atoms with E-state index in [0.29, 0.717) is 6.54 Å². The standard InChI is InChI=1S/C18H25N3O2/c22-17(14-6-1-2-7-14)21-15-8-3-5-13(11-15)12-20-18(23)16-9-4-10-19-16/h3,5,8,11,14,16,19H,1-2,4,6-7,9-10,12H2,(H,20,23)(H,21,22). The van der Waals surface area contributed by atoms with Gasteiger partial charge in [0.1, 0.15) is 0 Å². The molecule has 1 aromatic rings. The van der Waals surface area contributed by atoms with Crippen molar-refractivity contribution in [2.45, 2.75) is 51.1 Å². The topological polar surface area (TPSA) is 70.2 Å². The van der Waals surface area contributed by atoms with Gasteiger partial charge in [-0.15, -0.1) is 0 Å². The summed E-state index contributed by atoms with van der Waals surface area (Å²) in [5, 5.41) is 9.16. The maximum Gasteiger partial charge on any atom is 0.237 e. The SMILES string of the molecule is O=C(Nc1cccc(CNC(=O)C2CCCN2)c1)C1CCCC1. The summed E-state index contributed by atoms with van der Waals surface area (Å²) >= 11 is 0. The van der Waals surface area contributed by atoms with Crippen LogP contribution in [0.3, 0.4) is 0 Å². The van der Waals surface area contributed by atoms with Gasteiger partial charge in [-0.3, -0.25) is 9.59 Å². The average Bonchev–Trinajstić information content (AvgIpc) is 3.25. The zero-order valence-electron chi connectivity index (χ0n) is 13.4. The maximum absolute atomic E-state index is 12.2. The van der Waals surface area contributed by atoms with Crippen LogP contribution in [0.4, 0.5) is 5.69 Å². The quantitative estimate of drug-likeness (QED) is 0.780. The summed E-state index contributed by atoms with van der Waals surface area (Å²) in [6.45, 7) is 1.41. The van der Waals surface area contributed by atoms with Gasteiger partial charge in [0.25, 0.3) is 0 Å². The van der Waals surface area contributed by atoms with Gasteiger partial charge in [0, 0.05) is 18.2 Å². The van der Waals surface area contributed by atoms with E-state index in [9.17, 15) is 9.59 Å². The Hall–Kier alpha value is -1.88. The third-order valence-electron chi connectivity index (χ3n) is 4.76. The fraction of sp³-hybridized carbons (Fsp3) is 0.556. The molecule has 5 heteroatoms. The van der Waals surface area contributed by atoms with Crippen LogP contribution in [0.25, 0.3) is 0 Å². The zero-order chi connectivity index (χ0) is 16.1. The van der Waals surface area contributed by atoms with Crippen LogP contribution < -0.4 is 16.0 Å². The lowest BCUT2D eigenvalue weighted by molar-refractivity contribution is -0.123. The smallest absolute Gasteiger partial charge is 0.237 e. The van der Waals surface area contributed by atoms with Gasteiger partial charge in [0.05, 0.1) is 6.04 Å². The summed E-state index contributed by atoms with van der Waals surface area (Å²) in [6, 6.07) is 7.67. The van der Waals surface area contributed by atoms with Gasteiger partial charge in [-0.25, -0.2) is 0 Å². The molecule has 1 aliphatic carbocycles. The molecule has 2 fully saturated rings. The zero-order valence-corrected chi connectivity index (χ0v) is 13.4. The number of hydrogen-bond donors (Lipinski definition) is 3. The van der Waals surface area contributed by atoms with Gasteiger partial charge in [-0.1, -0.05) is 25.0 Å². The first-order valence-electron chi connectivity index (χ1n) is 8.63. The second-order valence-corrected chi connectivity index (χ2v) is 6.54. The van der Waals surface area contributed by atoms with Crippen molar-refractivity contribution in [2.75, 3.05) is 11.9 Å². The molecular weight excluding hydrogens is 290 g/mol. The van der Waals surface area contributed by atoms with E-state index in [-0.39, 0.29) is 23.8 Å². The summed E-state index contributed by atoms with van der Waals surface area (Å²) in [4.78, 5) is 24.2. The molecular formula is C18H25N3O2. The maximum atomic E-state index is 12.2. The lowest BCUT2D eigenvalue weighted by Gasteiger charge is -2.13. The van der Waals surface area contributed by atoms with Crippen LogP contribution in [0.15, 0.2) is 24.3 Å². The molecule has 5 nitrogen and oxygen atoms in total. The monoisotopic (exact) mass is 315 g/mol. The molecule has 3 rings (SSSR count). The van der Waals surface area contributed by atoms with E-state index in [4.69, 9.17) is 0 Å². The Labute approximate surface area is 137 Å². The molecule has 0 radical (unpaired) electrons. The van der Waals surface area contributed by atoms with Crippen molar-refractivity contribution in [3.8, 4) is 0 Å². The first-order valence-corrected chi connectivity index (χ1v) is 8.63. The first-order chi connectivity index (χ1) is 11.2. The van der Waals surface area contributed by atoms with Gasteiger partial charge >= 0.3 is 0 Å². The highest BCUT2D eigenvalue weighted by Gasteiger charge is 2.23. The van der Waals surface area contributed by atoms with Crippen molar-refractivity contribution >= 4 is 17.5 Å². The third kappa shape index (κ3) is 4.32. The average molecular weight is 315 g/mol. The Morgan fingerprint density at radius 3 is 2.65 bits per heavy atom. The van der Waals surface area contributed by atoms with E-state index >= 15 is 0 Å². The summed E-state index contributed by atoms with van der Waals surface area (Å²) < 4.78 is 0. The number of rotatable bonds is 5. The van der Waals surface area contributed by atoms with Crippen molar-refractivity contribution < 1.29 is 9.59 Å². The third-order valence-corrected chi connectivity index (χ3v) is 4.76. The molecule has 3 N–H and O–H groups in total. The number of carbonyl (C=O) groups excluding carboxylic acids is 2. The number of benzene rings is 1. The van der Waals surface area contributed by atoms with Crippen LogP contribution in [0.1, 0.15) is 44.1 Å². The Balaban J connectivity index is 1.52. The van der Waals surface area contributed by atoms with Gasteiger partial charge in [-0.2, -0.15) is 0 Å². The first kappa shape index (κ1) is 16.0. The van der Waals surface area contributed by atoms with Crippen molar-refractivity contribution in [1.82, 2.24) is 10.6 Å². The molecule has 2 amide bonds. The Bertz CT molecular complexity index is 561. The molecule has 1 saturated heterocycles. The van der Waals surface area contributed by atoms with Crippen LogP contribution >= 0.6 is 0 Å². The highest BCUT2D eigenvalue weighted by molar-refractivity contribution is 5.92. The van der Waals surface area contributed by atoms with E-state index in [2.05, 4.69) is 16.0 Å². The summed E-state index contributed by atoms with van der Waals surface area (Å²) in [6.07, 6.45) is 6.26. The highest BCUT2D eigenvalue weighted by Crippen LogP contribution is 2.26. The largest absolute Gasteiger partial charge is 0.351 e. The molecule has 0 spiro atoms. The number of amides is 2. The van der Waals surface area contributed by atoms with E-state index in [1.807, 2.05) is 24.3 Å². The lowest BCUT2D eigenvalue weighted by Crippen LogP contribution is -2.40. The molecule has 1 atom stereocenters. The van der Waals surface area contributed by atoms with Crippen molar-refractivity contribution in [1.29, 1.82) is 0 Å². The molecule has 1 aliphatic heterocycles. The summed E-state index contributed by atoms with van der Waals surface area (Å²) in [5.74, 6) is 0.341. The summed E-state index contributed by atoms with van der Waals surface area (Å²) in [7, 11) is 0. The van der Waals surface area contributed by atoms with Crippen LogP contribution in [-0.4, -0.2) is 24.4 Å². The van der Waals surface area contributed by atoms with E-state index in [0.717, 1.165) is 56.3 Å². The summed E-state index contributed by atoms with van der Waals surface area (Å²) in [5.41, 5.74) is 1.81. The van der Waals surface area contributed by atoms with Crippen LogP contribution in [-0.2, 0) is 16.1 Å². The van der Waals surface area contributed by atoms with Gasteiger partial charge in [-0.05, 0) is 49.9 Å². The predicted molar refractivity (Wildman–Crippen MR) is 89.9 cm³/mol. The molecule has 1 aromatic carbocycles. The molecule has 23 heavy (non-hydrogen) atoms. The van der Waals surface area contributed by atoms with E-state index < -0.39 is 0 Å². The Morgan fingerprint density at radius 2 is 1.91 bits per heavy atom. The minimum atomic E-state index is -0.0553. The minimum Gasteiger partial charge on any atom is -0.351 e. The fourth-order valence-electron chi connectivity index (χ4n) is 3.41. The number of anilines is 1. The van der Waals surface area contributed by atoms with E-state index in [1.165, 1.54) is 0 Å². The molecule has 0 aromatic heterocycles. The van der Waals surface area contributed by atoms with E-state index in [1.54, 1.807) is 0 Å². The van der Waals surface area contributed by atoms with Gasteiger partial charge in [0.15, 0.2) is 0 Å². The number of hydrogen-bond acceptors (Lipinski definition) is 3. The second kappa shape index (κ2) is 7.59. The fourth-order valence-corrected chi connectivity index (χ4v) is 3.41.